The third-order valence-electron chi connectivity index (χ3n) is 2.48. The van der Waals surface area contributed by atoms with Gasteiger partial charge in [0.2, 0.25) is 0 Å². The molecule has 1 aromatic heterocycles. The molecule has 100 valence electrons. The highest BCUT2D eigenvalue weighted by molar-refractivity contribution is 7.98. The van der Waals surface area contributed by atoms with Gasteiger partial charge in [-0.25, -0.2) is 13.4 Å². The first-order valence-corrected chi connectivity index (χ1v) is 8.74. The smallest absolute Gasteiger partial charge is 0.175 e. The van der Waals surface area contributed by atoms with Crippen LogP contribution in [0.5, 0.6) is 0 Å². The summed E-state index contributed by atoms with van der Waals surface area (Å²) in [6.45, 7) is 0. The van der Waals surface area contributed by atoms with Crippen LogP contribution in [0.25, 0.3) is 0 Å². The first-order chi connectivity index (χ1) is 8.97. The molecule has 0 amide bonds. The molecule has 0 aliphatic heterocycles. The molecule has 0 bridgehead atoms. The Balaban J connectivity index is 2.07. The quantitative estimate of drug-likeness (QED) is 0.641. The summed E-state index contributed by atoms with van der Waals surface area (Å²) in [5.41, 5.74) is 0.960. The number of benzene rings is 1. The second-order valence-corrected chi connectivity index (χ2v) is 7.41. The molecule has 1 heterocycles. The van der Waals surface area contributed by atoms with E-state index < -0.39 is 9.84 Å². The maximum atomic E-state index is 11.3. The molecule has 0 N–H and O–H groups in total. The van der Waals surface area contributed by atoms with E-state index in [-0.39, 0.29) is 0 Å². The Morgan fingerprint density at radius 3 is 2.47 bits per heavy atom. The number of hydrogen-bond acceptors (Lipinski definition) is 4. The van der Waals surface area contributed by atoms with Gasteiger partial charge in [-0.1, -0.05) is 17.7 Å². The monoisotopic (exact) mass is 313 g/mol. The SMILES string of the molecule is CS(=O)(=O)c1ccc(SCc2cccnc2Cl)cc1. The Morgan fingerprint density at radius 1 is 1.21 bits per heavy atom. The van der Waals surface area contributed by atoms with E-state index in [1.807, 2.05) is 12.1 Å². The number of halogens is 1. The number of thioether (sulfide) groups is 1. The Kier molecular flexibility index (Phi) is 4.50. The van der Waals surface area contributed by atoms with Crippen LogP contribution < -0.4 is 0 Å². The minimum atomic E-state index is -3.13. The largest absolute Gasteiger partial charge is 0.244 e. The molecule has 0 saturated carbocycles. The average Bonchev–Trinajstić information content (AvgIpc) is 2.37. The molecule has 2 aromatic rings. The van der Waals surface area contributed by atoms with Crippen molar-refractivity contribution in [2.24, 2.45) is 0 Å². The molecule has 1 aromatic carbocycles. The fourth-order valence-electron chi connectivity index (χ4n) is 1.47. The van der Waals surface area contributed by atoms with E-state index >= 15 is 0 Å². The molecule has 0 atom stereocenters. The van der Waals surface area contributed by atoms with E-state index in [0.29, 0.717) is 15.8 Å². The topological polar surface area (TPSA) is 47.0 Å². The van der Waals surface area contributed by atoms with Gasteiger partial charge in [0, 0.05) is 23.1 Å². The van der Waals surface area contributed by atoms with Crippen molar-refractivity contribution in [2.45, 2.75) is 15.5 Å². The highest BCUT2D eigenvalue weighted by Gasteiger charge is 2.07. The van der Waals surface area contributed by atoms with Crippen LogP contribution in [0.4, 0.5) is 0 Å². The third kappa shape index (κ3) is 3.96. The van der Waals surface area contributed by atoms with Crippen LogP contribution in [0, 0.1) is 0 Å². The van der Waals surface area contributed by atoms with Crippen LogP contribution >= 0.6 is 23.4 Å². The molecule has 0 saturated heterocycles. The molecular formula is C13H12ClNO2S2. The van der Waals surface area contributed by atoms with Gasteiger partial charge in [-0.2, -0.15) is 0 Å². The van der Waals surface area contributed by atoms with Gasteiger partial charge in [0.1, 0.15) is 5.15 Å². The summed E-state index contributed by atoms with van der Waals surface area (Å²) in [4.78, 5) is 5.33. The van der Waals surface area contributed by atoms with E-state index in [1.54, 1.807) is 42.2 Å². The Labute approximate surface area is 121 Å². The van der Waals surface area contributed by atoms with Crippen molar-refractivity contribution in [1.82, 2.24) is 4.98 Å². The molecule has 0 radical (unpaired) electrons. The van der Waals surface area contributed by atoms with Gasteiger partial charge in [-0.15, -0.1) is 11.8 Å². The lowest BCUT2D eigenvalue weighted by molar-refractivity contribution is 0.602. The summed E-state index contributed by atoms with van der Waals surface area (Å²) in [5, 5.41) is 0.503. The van der Waals surface area contributed by atoms with E-state index in [9.17, 15) is 8.42 Å². The third-order valence-corrected chi connectivity index (χ3v) is 5.01. The summed E-state index contributed by atoms with van der Waals surface area (Å²) in [6, 6.07) is 10.6. The molecule has 0 unspecified atom stereocenters. The fraction of sp³-hybridized carbons (Fsp3) is 0.154. The zero-order chi connectivity index (χ0) is 13.9. The van der Waals surface area contributed by atoms with Crippen molar-refractivity contribution in [3.8, 4) is 0 Å². The highest BCUT2D eigenvalue weighted by atomic mass is 35.5. The molecular weight excluding hydrogens is 302 g/mol. The van der Waals surface area contributed by atoms with Crippen molar-refractivity contribution in [1.29, 1.82) is 0 Å². The maximum Gasteiger partial charge on any atom is 0.175 e. The molecule has 19 heavy (non-hydrogen) atoms. The lowest BCUT2D eigenvalue weighted by Crippen LogP contribution is -1.96. The van der Waals surface area contributed by atoms with Gasteiger partial charge in [0.05, 0.1) is 4.90 Å². The molecule has 0 aliphatic rings. The zero-order valence-corrected chi connectivity index (χ0v) is 12.6. The summed E-state index contributed by atoms with van der Waals surface area (Å²) in [6.07, 6.45) is 2.85. The van der Waals surface area contributed by atoms with Crippen molar-refractivity contribution in [3.05, 3.63) is 53.3 Å². The number of sulfone groups is 1. The minimum absolute atomic E-state index is 0.330. The van der Waals surface area contributed by atoms with Crippen molar-refractivity contribution >= 4 is 33.2 Å². The highest BCUT2D eigenvalue weighted by Crippen LogP contribution is 2.26. The second-order valence-electron chi connectivity index (χ2n) is 3.99. The van der Waals surface area contributed by atoms with Gasteiger partial charge in [0.15, 0.2) is 9.84 Å². The summed E-state index contributed by atoms with van der Waals surface area (Å²) >= 11 is 7.56. The predicted octanol–water partition coefficient (Wildman–Crippen LogP) is 3.43. The number of hydrogen-bond donors (Lipinski definition) is 0. The minimum Gasteiger partial charge on any atom is -0.244 e. The molecule has 0 aliphatic carbocycles. The predicted molar refractivity (Wildman–Crippen MR) is 78.4 cm³/mol. The number of aromatic nitrogens is 1. The summed E-state index contributed by atoms with van der Waals surface area (Å²) in [5.74, 6) is 0.699. The van der Waals surface area contributed by atoms with E-state index in [2.05, 4.69) is 4.98 Å². The molecule has 3 nitrogen and oxygen atoms in total. The first kappa shape index (κ1) is 14.4. The van der Waals surface area contributed by atoms with Crippen LogP contribution in [0.2, 0.25) is 5.15 Å². The first-order valence-electron chi connectivity index (χ1n) is 5.49. The number of rotatable bonds is 4. The summed E-state index contributed by atoms with van der Waals surface area (Å²) < 4.78 is 22.7. The van der Waals surface area contributed by atoms with Crippen LogP contribution in [0.15, 0.2) is 52.4 Å². The van der Waals surface area contributed by atoms with E-state index in [4.69, 9.17) is 11.6 Å². The Hall–Kier alpha value is -1.04. The molecule has 0 spiro atoms. The van der Waals surface area contributed by atoms with Gasteiger partial charge >= 0.3 is 0 Å². The van der Waals surface area contributed by atoms with Crippen LogP contribution in [-0.2, 0) is 15.6 Å². The number of nitrogens with zero attached hydrogens (tertiary/aromatic N) is 1. The average molecular weight is 314 g/mol. The molecule has 6 heteroatoms. The molecule has 2 rings (SSSR count). The lowest BCUT2D eigenvalue weighted by atomic mass is 10.3. The summed E-state index contributed by atoms with van der Waals surface area (Å²) in [7, 11) is -3.13. The van der Waals surface area contributed by atoms with Gasteiger partial charge < -0.3 is 0 Å². The van der Waals surface area contributed by atoms with Crippen LogP contribution in [0.3, 0.4) is 0 Å². The standard InChI is InChI=1S/C13H12ClNO2S2/c1-19(16,17)12-6-4-11(5-7-12)18-9-10-3-2-8-15-13(10)14/h2-8H,9H2,1H3. The molecule has 0 fully saturated rings. The Bertz CT molecular complexity index is 669. The normalized spacial score (nSPS) is 11.5. The van der Waals surface area contributed by atoms with E-state index in [1.165, 1.54) is 6.26 Å². The van der Waals surface area contributed by atoms with Gasteiger partial charge in [0.25, 0.3) is 0 Å². The maximum absolute atomic E-state index is 11.3. The van der Waals surface area contributed by atoms with Crippen molar-refractivity contribution < 1.29 is 8.42 Å². The number of pyridine rings is 1. The van der Waals surface area contributed by atoms with Crippen LogP contribution in [-0.4, -0.2) is 19.7 Å². The van der Waals surface area contributed by atoms with Gasteiger partial charge in [-0.05, 0) is 35.9 Å². The van der Waals surface area contributed by atoms with Crippen LogP contribution in [0.1, 0.15) is 5.56 Å². The van der Waals surface area contributed by atoms with Crippen molar-refractivity contribution in [2.75, 3.05) is 6.26 Å². The second kappa shape index (κ2) is 5.94. The Morgan fingerprint density at radius 2 is 1.89 bits per heavy atom. The van der Waals surface area contributed by atoms with Gasteiger partial charge in [-0.3, -0.25) is 0 Å². The fourth-order valence-corrected chi connectivity index (χ4v) is 3.25. The lowest BCUT2D eigenvalue weighted by Gasteiger charge is -2.04. The van der Waals surface area contributed by atoms with E-state index in [0.717, 1.165) is 10.5 Å². The zero-order valence-electron chi connectivity index (χ0n) is 10.2. The van der Waals surface area contributed by atoms with Crippen molar-refractivity contribution in [3.63, 3.8) is 0 Å².